The van der Waals surface area contributed by atoms with Crippen LogP contribution in [0.2, 0.25) is 0 Å². The van der Waals surface area contributed by atoms with E-state index >= 15 is 0 Å². The molecule has 2 atom stereocenters. The van der Waals surface area contributed by atoms with E-state index in [2.05, 4.69) is 10.1 Å². The first-order valence-corrected chi connectivity index (χ1v) is 14.1. The van der Waals surface area contributed by atoms with Crippen molar-refractivity contribution < 1.29 is 27.1 Å². The van der Waals surface area contributed by atoms with Gasteiger partial charge in [-0.1, -0.05) is 6.07 Å². The Labute approximate surface area is 223 Å². The van der Waals surface area contributed by atoms with Gasteiger partial charge in [-0.15, -0.1) is 0 Å². The molecule has 1 aliphatic heterocycles. The number of piperidine rings is 1. The van der Waals surface area contributed by atoms with E-state index in [1.165, 1.54) is 23.0 Å². The van der Waals surface area contributed by atoms with Gasteiger partial charge in [-0.05, 0) is 38.0 Å². The van der Waals surface area contributed by atoms with Crippen LogP contribution in [0, 0.1) is 11.6 Å². The van der Waals surface area contributed by atoms with E-state index in [1.807, 2.05) is 6.92 Å². The Kier molecular flexibility index (Phi) is 6.81. The number of fused-ring (bicyclic) bond motifs is 1. The molecule has 1 aromatic carbocycles. The van der Waals surface area contributed by atoms with Crippen LogP contribution in [0.3, 0.4) is 0 Å². The number of nitrogens with zero attached hydrogens (tertiary/aromatic N) is 5. The number of hydrogen-bond acceptors (Lipinski definition) is 8. The summed E-state index contributed by atoms with van der Waals surface area (Å²) in [5, 5.41) is 13.5. The Morgan fingerprint density at radius 2 is 1.95 bits per heavy atom. The summed E-state index contributed by atoms with van der Waals surface area (Å²) in [6.07, 6.45) is 4.92. The van der Waals surface area contributed by atoms with Crippen molar-refractivity contribution >= 4 is 27.2 Å². The Hall–Kier alpha value is -3.97. The van der Waals surface area contributed by atoms with Gasteiger partial charge in [0.15, 0.2) is 15.5 Å². The molecule has 1 amide bonds. The average molecular weight is 557 g/mol. The van der Waals surface area contributed by atoms with Crippen LogP contribution in [0.1, 0.15) is 31.4 Å². The van der Waals surface area contributed by atoms with Gasteiger partial charge in [0.05, 0.1) is 17.6 Å². The van der Waals surface area contributed by atoms with Gasteiger partial charge in [0, 0.05) is 53.7 Å². The molecule has 4 heterocycles. The van der Waals surface area contributed by atoms with E-state index in [4.69, 9.17) is 10.7 Å². The van der Waals surface area contributed by atoms with E-state index in [9.17, 15) is 27.1 Å². The lowest BCUT2D eigenvalue weighted by molar-refractivity contribution is -0.137. The molecular formula is C26H26F2N6O4S. The predicted molar refractivity (Wildman–Crippen MR) is 139 cm³/mol. The van der Waals surface area contributed by atoms with Crippen molar-refractivity contribution in [1.29, 1.82) is 0 Å². The lowest BCUT2D eigenvalue weighted by Gasteiger charge is -2.37. The van der Waals surface area contributed by atoms with Crippen LogP contribution in [-0.4, -0.2) is 69.4 Å². The van der Waals surface area contributed by atoms with Crippen LogP contribution in [0.25, 0.3) is 28.0 Å². The minimum Gasteiger partial charge on any atom is -0.387 e. The highest BCUT2D eigenvalue weighted by molar-refractivity contribution is 7.91. The number of sulfone groups is 1. The van der Waals surface area contributed by atoms with Crippen molar-refractivity contribution in [3.63, 3.8) is 0 Å². The number of aromatic nitrogens is 4. The van der Waals surface area contributed by atoms with Crippen molar-refractivity contribution in [2.24, 2.45) is 0 Å². The van der Waals surface area contributed by atoms with Gasteiger partial charge < -0.3 is 15.7 Å². The maximum atomic E-state index is 14.2. The standard InChI is InChI=1S/C26H26F2N6O4S/c1-14-9-15(7-8-33(14)22(36)13-35)23-24(39(2,37)38)25(29)34-26(32-23)19(12-31-34)16-3-6-21(30-11-16)18-5-4-17(27)10-20(18)28/h3-6,10-12,14-15,35H,7-9,13,29H2,1-2H3/t14-,15+/m0/s1. The summed E-state index contributed by atoms with van der Waals surface area (Å²) >= 11 is 0. The molecular weight excluding hydrogens is 530 g/mol. The number of halogens is 2. The first kappa shape index (κ1) is 26.6. The molecule has 39 heavy (non-hydrogen) atoms. The monoisotopic (exact) mass is 556 g/mol. The molecule has 0 unspecified atom stereocenters. The number of aliphatic hydroxyl groups is 1. The number of rotatable bonds is 5. The number of carbonyl (C=O) groups is 1. The average Bonchev–Trinajstić information content (AvgIpc) is 3.32. The lowest BCUT2D eigenvalue weighted by Crippen LogP contribution is -2.45. The van der Waals surface area contributed by atoms with Gasteiger partial charge in [0.25, 0.3) is 0 Å². The SMILES string of the molecule is C[C@H]1C[C@H](c2nc3c(-c4ccc(-c5ccc(F)cc5F)nc4)cnn3c(N)c2S(C)(=O)=O)CCN1C(=O)CO. The van der Waals surface area contributed by atoms with Crippen LogP contribution in [0.15, 0.2) is 47.6 Å². The van der Waals surface area contributed by atoms with Crippen molar-refractivity contribution in [3.05, 3.63) is 60.1 Å². The summed E-state index contributed by atoms with van der Waals surface area (Å²) in [5.74, 6) is -2.21. The predicted octanol–water partition coefficient (Wildman–Crippen LogP) is 2.81. The second kappa shape index (κ2) is 9.97. The molecule has 0 radical (unpaired) electrons. The van der Waals surface area contributed by atoms with Crippen molar-refractivity contribution in [2.75, 3.05) is 25.1 Å². The van der Waals surface area contributed by atoms with E-state index in [0.717, 1.165) is 18.4 Å². The highest BCUT2D eigenvalue weighted by Crippen LogP contribution is 2.38. The summed E-state index contributed by atoms with van der Waals surface area (Å²) in [6, 6.07) is 6.27. The number of hydrogen-bond donors (Lipinski definition) is 2. The molecule has 1 aliphatic rings. The van der Waals surface area contributed by atoms with Gasteiger partial charge in [0.1, 0.15) is 29.0 Å². The van der Waals surface area contributed by atoms with E-state index in [1.54, 1.807) is 17.0 Å². The Balaban J connectivity index is 1.58. The lowest BCUT2D eigenvalue weighted by atomic mass is 9.88. The van der Waals surface area contributed by atoms with E-state index < -0.39 is 28.1 Å². The summed E-state index contributed by atoms with van der Waals surface area (Å²) in [6.45, 7) is 1.57. The third kappa shape index (κ3) is 4.83. The second-order valence-corrected chi connectivity index (χ2v) is 11.6. The zero-order valence-corrected chi connectivity index (χ0v) is 22.0. The van der Waals surface area contributed by atoms with Crippen molar-refractivity contribution in [1.82, 2.24) is 24.5 Å². The quantitative estimate of drug-likeness (QED) is 0.382. The number of pyridine rings is 1. The van der Waals surface area contributed by atoms with Crippen LogP contribution < -0.4 is 5.73 Å². The van der Waals surface area contributed by atoms with Crippen molar-refractivity contribution in [3.8, 4) is 22.4 Å². The molecule has 0 bridgehead atoms. The van der Waals surface area contributed by atoms with Crippen LogP contribution in [0.4, 0.5) is 14.6 Å². The molecule has 10 nitrogen and oxygen atoms in total. The van der Waals surface area contributed by atoms with Gasteiger partial charge in [-0.3, -0.25) is 9.78 Å². The minimum atomic E-state index is -3.80. The molecule has 3 N–H and O–H groups in total. The van der Waals surface area contributed by atoms with Gasteiger partial charge in [-0.2, -0.15) is 9.61 Å². The molecule has 204 valence electrons. The third-order valence-corrected chi connectivity index (χ3v) is 8.19. The van der Waals surface area contributed by atoms with Gasteiger partial charge >= 0.3 is 0 Å². The number of nitrogens with two attached hydrogens (primary N) is 1. The number of anilines is 1. The maximum absolute atomic E-state index is 14.2. The molecule has 0 spiro atoms. The van der Waals surface area contributed by atoms with Crippen LogP contribution in [-0.2, 0) is 14.6 Å². The van der Waals surface area contributed by atoms with E-state index in [-0.39, 0.29) is 34.1 Å². The molecule has 1 saturated heterocycles. The highest BCUT2D eigenvalue weighted by Gasteiger charge is 2.34. The maximum Gasteiger partial charge on any atom is 0.248 e. The molecule has 3 aromatic heterocycles. The summed E-state index contributed by atoms with van der Waals surface area (Å²) in [5.41, 5.74) is 8.53. The topological polar surface area (TPSA) is 144 Å². The first-order valence-electron chi connectivity index (χ1n) is 12.2. The number of amides is 1. The molecule has 13 heteroatoms. The Morgan fingerprint density at radius 3 is 2.56 bits per heavy atom. The summed E-state index contributed by atoms with van der Waals surface area (Å²) < 4.78 is 54.5. The number of carbonyl (C=O) groups excluding carboxylic acids is 1. The zero-order chi connectivity index (χ0) is 28.1. The fraction of sp³-hybridized carbons (Fsp3) is 0.308. The van der Waals surface area contributed by atoms with Crippen molar-refractivity contribution in [2.45, 2.75) is 36.6 Å². The largest absolute Gasteiger partial charge is 0.387 e. The van der Waals surface area contributed by atoms with Crippen LogP contribution in [0.5, 0.6) is 0 Å². The number of aliphatic hydroxyl groups excluding tert-OH is 1. The summed E-state index contributed by atoms with van der Waals surface area (Å²) in [4.78, 5) is 22.6. The fourth-order valence-electron chi connectivity index (χ4n) is 5.17. The normalized spacial score (nSPS) is 18.0. The van der Waals surface area contributed by atoms with E-state index in [0.29, 0.717) is 47.5 Å². The second-order valence-electron chi connectivity index (χ2n) is 9.65. The fourth-order valence-corrected chi connectivity index (χ4v) is 6.23. The zero-order valence-electron chi connectivity index (χ0n) is 21.2. The first-order chi connectivity index (χ1) is 18.5. The molecule has 1 fully saturated rings. The summed E-state index contributed by atoms with van der Waals surface area (Å²) in [7, 11) is -3.80. The molecule has 0 saturated carbocycles. The minimum absolute atomic E-state index is 0.0803. The number of benzene rings is 1. The third-order valence-electron chi connectivity index (χ3n) is 7.03. The van der Waals surface area contributed by atoms with Gasteiger partial charge in [-0.25, -0.2) is 22.2 Å². The van der Waals surface area contributed by atoms with Gasteiger partial charge in [0.2, 0.25) is 5.91 Å². The Bertz CT molecular complexity index is 1690. The highest BCUT2D eigenvalue weighted by atomic mass is 32.2. The smallest absolute Gasteiger partial charge is 0.248 e. The molecule has 0 aliphatic carbocycles. The number of likely N-dealkylation sites (tertiary alicyclic amines) is 1. The molecule has 5 rings (SSSR count). The van der Waals surface area contributed by atoms with Crippen LogP contribution >= 0.6 is 0 Å². The Morgan fingerprint density at radius 1 is 1.18 bits per heavy atom. The number of nitrogen functional groups attached to an aromatic ring is 1. The molecule has 4 aromatic rings.